The molecule has 3 amide bonds. The van der Waals surface area contributed by atoms with Gasteiger partial charge in [-0.05, 0) is 32.0 Å². The number of thiazole rings is 1. The maximum absolute atomic E-state index is 11.5. The quantitative estimate of drug-likeness (QED) is 0.794. The number of nitrogens with two attached hydrogens (primary N) is 1. The van der Waals surface area contributed by atoms with E-state index in [0.29, 0.717) is 0 Å². The van der Waals surface area contributed by atoms with Crippen LogP contribution in [0, 0.1) is 6.92 Å². The molecule has 0 bridgehead atoms. The van der Waals surface area contributed by atoms with Gasteiger partial charge in [0.15, 0.2) is 0 Å². The van der Waals surface area contributed by atoms with Crippen LogP contribution in [0.2, 0.25) is 0 Å². The number of aryl methyl sites for hydroxylation is 1. The van der Waals surface area contributed by atoms with Gasteiger partial charge in [-0.3, -0.25) is 10.1 Å². The van der Waals surface area contributed by atoms with E-state index in [1.54, 1.807) is 18.3 Å². The standard InChI is InChI=1S/C12H14N4O2S/c1-6(11(17)16-12(13)18)14-8-3-4-9-10(5-8)19-7(2)15-9/h3-6,14H,1-2H3,(H3,13,16,17,18). The normalized spacial score (nSPS) is 12.1. The number of amides is 3. The second-order valence-corrected chi connectivity index (χ2v) is 5.37. The van der Waals surface area contributed by atoms with Gasteiger partial charge in [0.1, 0.15) is 6.04 Å². The van der Waals surface area contributed by atoms with Gasteiger partial charge in [-0.15, -0.1) is 11.3 Å². The molecular weight excluding hydrogens is 264 g/mol. The minimum absolute atomic E-state index is 0.465. The van der Waals surface area contributed by atoms with E-state index >= 15 is 0 Å². The first-order valence-electron chi connectivity index (χ1n) is 5.70. The molecule has 1 atom stereocenters. The Kier molecular flexibility index (Phi) is 3.66. The number of carbonyl (C=O) groups is 2. The van der Waals surface area contributed by atoms with Crippen LogP contribution < -0.4 is 16.4 Å². The third kappa shape index (κ3) is 3.19. The molecule has 0 aliphatic rings. The van der Waals surface area contributed by atoms with Crippen LogP contribution in [-0.4, -0.2) is 23.0 Å². The number of rotatable bonds is 3. The summed E-state index contributed by atoms with van der Waals surface area (Å²) in [5.74, 6) is -0.465. The average molecular weight is 278 g/mol. The second kappa shape index (κ2) is 5.23. The molecule has 0 radical (unpaired) electrons. The Morgan fingerprint density at radius 3 is 2.84 bits per heavy atom. The number of fused-ring (bicyclic) bond motifs is 1. The number of hydrogen-bond donors (Lipinski definition) is 3. The van der Waals surface area contributed by atoms with Crippen molar-refractivity contribution in [3.05, 3.63) is 23.2 Å². The summed E-state index contributed by atoms with van der Waals surface area (Å²) in [5, 5.41) is 6.03. The SMILES string of the molecule is Cc1nc2ccc(NC(C)C(=O)NC(N)=O)cc2s1. The van der Waals surface area contributed by atoms with E-state index in [-0.39, 0.29) is 0 Å². The number of carbonyl (C=O) groups excluding carboxylic acids is 2. The van der Waals surface area contributed by atoms with Crippen LogP contribution >= 0.6 is 11.3 Å². The molecule has 1 aromatic carbocycles. The van der Waals surface area contributed by atoms with Crippen molar-refractivity contribution in [1.29, 1.82) is 0 Å². The highest BCUT2D eigenvalue weighted by Gasteiger charge is 2.14. The Hall–Kier alpha value is -2.15. The maximum Gasteiger partial charge on any atom is 0.318 e. The molecule has 0 spiro atoms. The molecule has 2 rings (SSSR count). The zero-order valence-electron chi connectivity index (χ0n) is 10.6. The van der Waals surface area contributed by atoms with Crippen molar-refractivity contribution in [2.24, 2.45) is 5.73 Å². The van der Waals surface area contributed by atoms with Gasteiger partial charge in [0.2, 0.25) is 5.91 Å². The molecular formula is C12H14N4O2S. The van der Waals surface area contributed by atoms with E-state index in [9.17, 15) is 9.59 Å². The fourth-order valence-corrected chi connectivity index (χ4v) is 2.54. The summed E-state index contributed by atoms with van der Waals surface area (Å²) < 4.78 is 1.05. The monoisotopic (exact) mass is 278 g/mol. The van der Waals surface area contributed by atoms with Gasteiger partial charge < -0.3 is 11.1 Å². The first kappa shape index (κ1) is 13.3. The van der Waals surface area contributed by atoms with Gasteiger partial charge in [-0.2, -0.15) is 0 Å². The van der Waals surface area contributed by atoms with Crippen LogP contribution in [0.3, 0.4) is 0 Å². The van der Waals surface area contributed by atoms with Crippen molar-refractivity contribution < 1.29 is 9.59 Å². The zero-order chi connectivity index (χ0) is 14.0. The largest absolute Gasteiger partial charge is 0.374 e. The number of anilines is 1. The van der Waals surface area contributed by atoms with Gasteiger partial charge in [0.25, 0.3) is 0 Å². The highest BCUT2D eigenvalue weighted by Crippen LogP contribution is 2.24. The third-order valence-corrected chi connectivity index (χ3v) is 3.45. The van der Waals surface area contributed by atoms with Gasteiger partial charge >= 0.3 is 6.03 Å². The lowest BCUT2D eigenvalue weighted by Crippen LogP contribution is -2.43. The fraction of sp³-hybridized carbons (Fsp3) is 0.250. The predicted molar refractivity (Wildman–Crippen MR) is 75.2 cm³/mol. The number of urea groups is 1. The summed E-state index contributed by atoms with van der Waals surface area (Å²) in [6.45, 7) is 3.60. The Labute approximate surface area is 114 Å². The van der Waals surface area contributed by atoms with Crippen LogP contribution in [0.5, 0.6) is 0 Å². The van der Waals surface area contributed by atoms with Crippen molar-refractivity contribution in [2.75, 3.05) is 5.32 Å². The summed E-state index contributed by atoms with van der Waals surface area (Å²) in [4.78, 5) is 26.5. The number of primary amides is 1. The molecule has 19 heavy (non-hydrogen) atoms. The maximum atomic E-state index is 11.5. The molecule has 7 heteroatoms. The Morgan fingerprint density at radius 2 is 2.16 bits per heavy atom. The van der Waals surface area contributed by atoms with E-state index in [2.05, 4.69) is 10.3 Å². The van der Waals surface area contributed by atoms with Crippen LogP contribution in [-0.2, 0) is 4.79 Å². The Bertz CT molecular complexity index is 638. The van der Waals surface area contributed by atoms with Gasteiger partial charge in [-0.1, -0.05) is 0 Å². The van der Waals surface area contributed by atoms with E-state index in [0.717, 1.165) is 20.9 Å². The van der Waals surface area contributed by atoms with E-state index < -0.39 is 18.0 Å². The number of nitrogens with zero attached hydrogens (tertiary/aromatic N) is 1. The Morgan fingerprint density at radius 1 is 1.42 bits per heavy atom. The molecule has 100 valence electrons. The number of nitrogens with one attached hydrogen (secondary N) is 2. The van der Waals surface area contributed by atoms with Crippen LogP contribution in [0.4, 0.5) is 10.5 Å². The Balaban J connectivity index is 2.12. The minimum Gasteiger partial charge on any atom is -0.374 e. The molecule has 1 aromatic heterocycles. The smallest absolute Gasteiger partial charge is 0.318 e. The number of aromatic nitrogens is 1. The molecule has 0 aliphatic heterocycles. The molecule has 1 heterocycles. The van der Waals surface area contributed by atoms with Crippen molar-refractivity contribution in [3.63, 3.8) is 0 Å². The van der Waals surface area contributed by atoms with Crippen LogP contribution in [0.1, 0.15) is 11.9 Å². The molecule has 4 N–H and O–H groups in total. The van der Waals surface area contributed by atoms with E-state index in [1.807, 2.05) is 30.4 Å². The highest BCUT2D eigenvalue weighted by molar-refractivity contribution is 7.18. The molecule has 1 unspecified atom stereocenters. The summed E-state index contributed by atoms with van der Waals surface area (Å²) in [7, 11) is 0. The van der Waals surface area contributed by atoms with Crippen LogP contribution in [0.25, 0.3) is 10.2 Å². The molecule has 0 saturated heterocycles. The lowest BCUT2D eigenvalue weighted by atomic mass is 10.2. The molecule has 0 aliphatic carbocycles. The second-order valence-electron chi connectivity index (χ2n) is 4.13. The first-order valence-corrected chi connectivity index (χ1v) is 6.51. The van der Waals surface area contributed by atoms with Crippen LogP contribution in [0.15, 0.2) is 18.2 Å². The first-order chi connectivity index (χ1) is 8.95. The highest BCUT2D eigenvalue weighted by atomic mass is 32.1. The number of imide groups is 1. The zero-order valence-corrected chi connectivity index (χ0v) is 11.4. The molecule has 0 fully saturated rings. The summed E-state index contributed by atoms with van der Waals surface area (Å²) in [6, 6.07) is 4.25. The predicted octanol–water partition coefficient (Wildman–Crippen LogP) is 1.60. The molecule has 2 aromatic rings. The van der Waals surface area contributed by atoms with Crippen molar-refractivity contribution in [1.82, 2.24) is 10.3 Å². The number of hydrogen-bond acceptors (Lipinski definition) is 5. The van der Waals surface area contributed by atoms with Gasteiger partial charge in [0, 0.05) is 5.69 Å². The van der Waals surface area contributed by atoms with Crippen molar-refractivity contribution >= 4 is 39.2 Å². The minimum atomic E-state index is -0.854. The van der Waals surface area contributed by atoms with Gasteiger partial charge in [-0.25, -0.2) is 9.78 Å². The third-order valence-electron chi connectivity index (χ3n) is 2.52. The van der Waals surface area contributed by atoms with E-state index in [1.165, 1.54) is 0 Å². The molecule has 0 saturated carbocycles. The summed E-state index contributed by atoms with van der Waals surface area (Å²) >= 11 is 1.59. The van der Waals surface area contributed by atoms with Crippen molar-refractivity contribution in [2.45, 2.75) is 19.9 Å². The number of benzene rings is 1. The summed E-state index contributed by atoms with van der Waals surface area (Å²) in [6.07, 6.45) is 0. The average Bonchev–Trinajstić information content (AvgIpc) is 2.67. The van der Waals surface area contributed by atoms with Crippen molar-refractivity contribution in [3.8, 4) is 0 Å². The van der Waals surface area contributed by atoms with Gasteiger partial charge in [0.05, 0.1) is 15.2 Å². The topological polar surface area (TPSA) is 97.1 Å². The summed E-state index contributed by atoms with van der Waals surface area (Å²) in [5.41, 5.74) is 6.62. The lowest BCUT2D eigenvalue weighted by molar-refractivity contribution is -0.120. The van der Waals surface area contributed by atoms with E-state index in [4.69, 9.17) is 5.73 Å². The lowest BCUT2D eigenvalue weighted by Gasteiger charge is -2.13. The fourth-order valence-electron chi connectivity index (χ4n) is 1.67. The molecule has 6 nitrogen and oxygen atoms in total.